The van der Waals surface area contributed by atoms with Gasteiger partial charge in [0.2, 0.25) is 0 Å². The number of carbonyl (C=O) groups is 1. The van der Waals surface area contributed by atoms with Crippen molar-refractivity contribution in [2.24, 2.45) is 0 Å². The van der Waals surface area contributed by atoms with E-state index in [2.05, 4.69) is 23.2 Å². The first-order valence-electron chi connectivity index (χ1n) is 5.41. The molecule has 0 spiro atoms. The molecule has 0 amide bonds. The maximum absolute atomic E-state index is 10.8. The van der Waals surface area contributed by atoms with Gasteiger partial charge >= 0.3 is 0 Å². The Labute approximate surface area is 98.0 Å². The summed E-state index contributed by atoms with van der Waals surface area (Å²) in [6, 6.07) is 8.36. The monoisotopic (exact) mass is 229 g/mol. The SMILES string of the molecule is O=Cc1nc2c(s1)CCCc1ccccc1-2. The van der Waals surface area contributed by atoms with Crippen molar-refractivity contribution in [3.05, 3.63) is 39.7 Å². The Bertz CT molecular complexity index is 545. The molecule has 1 aromatic heterocycles. The second-order valence-electron chi connectivity index (χ2n) is 3.95. The maximum atomic E-state index is 10.8. The maximum Gasteiger partial charge on any atom is 0.178 e. The molecule has 0 aliphatic heterocycles. The van der Waals surface area contributed by atoms with Crippen LogP contribution in [0.1, 0.15) is 26.7 Å². The summed E-state index contributed by atoms with van der Waals surface area (Å²) in [6.07, 6.45) is 4.14. The van der Waals surface area contributed by atoms with Gasteiger partial charge in [0.15, 0.2) is 11.3 Å². The number of thiazole rings is 1. The number of fused-ring (bicyclic) bond motifs is 3. The van der Waals surface area contributed by atoms with Crippen LogP contribution >= 0.6 is 11.3 Å². The van der Waals surface area contributed by atoms with Gasteiger partial charge in [-0.05, 0) is 24.8 Å². The summed E-state index contributed by atoms with van der Waals surface area (Å²) in [5.74, 6) is 0. The average Bonchev–Trinajstić information content (AvgIpc) is 2.66. The molecule has 1 aliphatic carbocycles. The summed E-state index contributed by atoms with van der Waals surface area (Å²) in [5.41, 5.74) is 3.59. The molecular weight excluding hydrogens is 218 g/mol. The lowest BCUT2D eigenvalue weighted by molar-refractivity contribution is 0.112. The van der Waals surface area contributed by atoms with Gasteiger partial charge in [-0.25, -0.2) is 4.98 Å². The molecule has 1 aromatic carbocycles. The summed E-state index contributed by atoms with van der Waals surface area (Å²) in [7, 11) is 0. The van der Waals surface area contributed by atoms with Crippen molar-refractivity contribution >= 4 is 17.6 Å². The third-order valence-corrected chi connectivity index (χ3v) is 3.98. The highest BCUT2D eigenvalue weighted by atomic mass is 32.1. The van der Waals surface area contributed by atoms with Gasteiger partial charge in [-0.15, -0.1) is 11.3 Å². The fourth-order valence-corrected chi connectivity index (χ4v) is 3.15. The minimum absolute atomic E-state index is 0.599. The summed E-state index contributed by atoms with van der Waals surface area (Å²) in [6.45, 7) is 0. The van der Waals surface area contributed by atoms with E-state index in [1.165, 1.54) is 27.3 Å². The molecule has 0 N–H and O–H groups in total. The zero-order valence-electron chi connectivity index (χ0n) is 8.77. The smallest absolute Gasteiger partial charge is 0.178 e. The predicted molar refractivity (Wildman–Crippen MR) is 65.0 cm³/mol. The molecule has 3 rings (SSSR count). The standard InChI is InChI=1S/C13H11NOS/c15-8-12-14-13-10-6-2-1-4-9(10)5-3-7-11(13)16-12/h1-2,4,6,8H,3,5,7H2. The molecule has 0 unspecified atom stereocenters. The first kappa shape index (κ1) is 9.73. The molecule has 0 radical (unpaired) electrons. The van der Waals surface area contributed by atoms with Crippen LogP contribution in [0.3, 0.4) is 0 Å². The second kappa shape index (κ2) is 3.83. The first-order chi connectivity index (χ1) is 7.88. The summed E-state index contributed by atoms with van der Waals surface area (Å²) in [5, 5.41) is 0.599. The lowest BCUT2D eigenvalue weighted by Crippen LogP contribution is -1.87. The molecule has 0 fully saturated rings. The largest absolute Gasteiger partial charge is 0.295 e. The molecule has 1 heterocycles. The lowest BCUT2D eigenvalue weighted by atomic mass is 10.0. The molecular formula is C13H11NOS. The number of aldehydes is 1. The van der Waals surface area contributed by atoms with Crippen LogP contribution in [0.25, 0.3) is 11.3 Å². The minimum atomic E-state index is 0.599. The molecule has 0 saturated heterocycles. The van der Waals surface area contributed by atoms with Gasteiger partial charge in [0.05, 0.1) is 5.69 Å². The average molecular weight is 229 g/mol. The van der Waals surface area contributed by atoms with Gasteiger partial charge in [-0.2, -0.15) is 0 Å². The van der Waals surface area contributed by atoms with E-state index in [0.717, 1.165) is 31.2 Å². The Hall–Kier alpha value is -1.48. The summed E-state index contributed by atoms with van der Waals surface area (Å²) in [4.78, 5) is 16.4. The predicted octanol–water partition coefficient (Wildman–Crippen LogP) is 3.11. The first-order valence-corrected chi connectivity index (χ1v) is 6.23. The zero-order chi connectivity index (χ0) is 11.0. The van der Waals surface area contributed by atoms with Crippen molar-refractivity contribution in [2.45, 2.75) is 19.3 Å². The summed E-state index contributed by atoms with van der Waals surface area (Å²) < 4.78 is 0. The summed E-state index contributed by atoms with van der Waals surface area (Å²) >= 11 is 1.53. The van der Waals surface area contributed by atoms with Crippen LogP contribution in [0.4, 0.5) is 0 Å². The molecule has 80 valence electrons. The van der Waals surface area contributed by atoms with E-state index in [4.69, 9.17) is 0 Å². The Morgan fingerprint density at radius 2 is 2.12 bits per heavy atom. The Balaban J connectivity index is 2.24. The van der Waals surface area contributed by atoms with Gasteiger partial charge in [0.1, 0.15) is 0 Å². The molecule has 0 bridgehead atoms. The van der Waals surface area contributed by atoms with Crippen LogP contribution in [0.2, 0.25) is 0 Å². The van der Waals surface area contributed by atoms with E-state index >= 15 is 0 Å². The van der Waals surface area contributed by atoms with E-state index in [9.17, 15) is 4.79 Å². The third kappa shape index (κ3) is 1.48. The Morgan fingerprint density at radius 1 is 1.25 bits per heavy atom. The van der Waals surface area contributed by atoms with Gasteiger partial charge in [-0.3, -0.25) is 4.79 Å². The van der Waals surface area contributed by atoms with E-state index in [1.807, 2.05) is 6.07 Å². The zero-order valence-corrected chi connectivity index (χ0v) is 9.59. The minimum Gasteiger partial charge on any atom is -0.295 e. The van der Waals surface area contributed by atoms with Crippen molar-refractivity contribution in [3.63, 3.8) is 0 Å². The Kier molecular flexibility index (Phi) is 2.33. The van der Waals surface area contributed by atoms with E-state index < -0.39 is 0 Å². The van der Waals surface area contributed by atoms with Crippen molar-refractivity contribution in [1.29, 1.82) is 0 Å². The number of carbonyl (C=O) groups excluding carboxylic acids is 1. The molecule has 3 heteroatoms. The number of aromatic nitrogens is 1. The molecule has 0 saturated carbocycles. The highest BCUT2D eigenvalue weighted by Crippen LogP contribution is 2.34. The third-order valence-electron chi connectivity index (χ3n) is 2.94. The fourth-order valence-electron chi connectivity index (χ4n) is 2.21. The molecule has 1 aliphatic rings. The quantitative estimate of drug-likeness (QED) is 0.703. The topological polar surface area (TPSA) is 30.0 Å². The number of rotatable bonds is 1. The van der Waals surface area contributed by atoms with Crippen LogP contribution in [0.15, 0.2) is 24.3 Å². The molecule has 16 heavy (non-hydrogen) atoms. The van der Waals surface area contributed by atoms with E-state index in [0.29, 0.717) is 5.01 Å². The molecule has 2 nitrogen and oxygen atoms in total. The van der Waals surface area contributed by atoms with Crippen molar-refractivity contribution in [3.8, 4) is 11.3 Å². The Morgan fingerprint density at radius 3 is 3.00 bits per heavy atom. The van der Waals surface area contributed by atoms with Gasteiger partial charge in [0.25, 0.3) is 0 Å². The van der Waals surface area contributed by atoms with E-state index in [1.54, 1.807) is 0 Å². The van der Waals surface area contributed by atoms with Gasteiger partial charge in [0, 0.05) is 10.4 Å². The highest BCUT2D eigenvalue weighted by Gasteiger charge is 2.18. The van der Waals surface area contributed by atoms with Crippen LogP contribution < -0.4 is 0 Å². The van der Waals surface area contributed by atoms with Gasteiger partial charge < -0.3 is 0 Å². The number of aryl methyl sites for hydroxylation is 2. The number of nitrogens with zero attached hydrogens (tertiary/aromatic N) is 1. The normalized spacial score (nSPS) is 13.8. The van der Waals surface area contributed by atoms with Crippen molar-refractivity contribution in [1.82, 2.24) is 4.98 Å². The van der Waals surface area contributed by atoms with Crippen LogP contribution in [-0.2, 0) is 12.8 Å². The highest BCUT2D eigenvalue weighted by molar-refractivity contribution is 7.13. The molecule has 2 aromatic rings. The van der Waals surface area contributed by atoms with Crippen LogP contribution in [-0.4, -0.2) is 11.3 Å². The number of benzene rings is 1. The number of hydrogen-bond acceptors (Lipinski definition) is 3. The lowest BCUT2D eigenvalue weighted by Gasteiger charge is -2.03. The van der Waals surface area contributed by atoms with Crippen molar-refractivity contribution in [2.75, 3.05) is 0 Å². The fraction of sp³-hybridized carbons (Fsp3) is 0.231. The van der Waals surface area contributed by atoms with Gasteiger partial charge in [-0.1, -0.05) is 24.3 Å². The van der Waals surface area contributed by atoms with Crippen LogP contribution in [0, 0.1) is 0 Å². The molecule has 0 atom stereocenters. The number of hydrogen-bond donors (Lipinski definition) is 0. The second-order valence-corrected chi connectivity index (χ2v) is 5.07. The van der Waals surface area contributed by atoms with E-state index in [-0.39, 0.29) is 0 Å². The van der Waals surface area contributed by atoms with Crippen molar-refractivity contribution < 1.29 is 4.79 Å². The van der Waals surface area contributed by atoms with Crippen LogP contribution in [0.5, 0.6) is 0 Å².